The van der Waals surface area contributed by atoms with Gasteiger partial charge in [-0.15, -0.1) is 0 Å². The van der Waals surface area contributed by atoms with Crippen LogP contribution in [0.2, 0.25) is 0 Å². The van der Waals surface area contributed by atoms with Crippen molar-refractivity contribution < 1.29 is 37.6 Å². The first kappa shape index (κ1) is 79.5. The summed E-state index contributed by atoms with van der Waals surface area (Å²) in [4.78, 5) is 35.4. The van der Waals surface area contributed by atoms with Crippen LogP contribution in [-0.2, 0) is 32.7 Å². The van der Waals surface area contributed by atoms with Gasteiger partial charge in [-0.2, -0.15) is 0 Å². The van der Waals surface area contributed by atoms with E-state index in [0.717, 1.165) is 38.5 Å². The van der Waals surface area contributed by atoms with Gasteiger partial charge in [0.05, 0.1) is 13.2 Å². The highest BCUT2D eigenvalue weighted by molar-refractivity contribution is 7.47. The van der Waals surface area contributed by atoms with Gasteiger partial charge in [-0.25, -0.2) is 4.57 Å². The van der Waals surface area contributed by atoms with E-state index in [-0.39, 0.29) is 38.6 Å². The van der Waals surface area contributed by atoms with E-state index < -0.39 is 26.5 Å². The number of hydrogen-bond donors (Lipinski definition) is 2. The number of carbonyl (C=O) groups is 2. The van der Waals surface area contributed by atoms with E-state index in [0.29, 0.717) is 6.42 Å². The zero-order valence-electron chi connectivity index (χ0n) is 54.1. The minimum Gasteiger partial charge on any atom is -0.462 e. The molecule has 81 heavy (non-hydrogen) atoms. The van der Waals surface area contributed by atoms with Crippen molar-refractivity contribution in [1.29, 1.82) is 0 Å². The summed E-state index contributed by atoms with van der Waals surface area (Å²) in [5, 5.41) is 0. The van der Waals surface area contributed by atoms with Gasteiger partial charge in [-0.05, 0) is 44.9 Å². The van der Waals surface area contributed by atoms with Gasteiger partial charge in [0.15, 0.2) is 6.10 Å². The molecular weight excluding hydrogens is 1030 g/mol. The summed E-state index contributed by atoms with van der Waals surface area (Å²) in [6.07, 6.45) is 82.9. The lowest BCUT2D eigenvalue weighted by atomic mass is 10.0. The molecule has 0 heterocycles. The van der Waals surface area contributed by atoms with Crippen LogP contribution in [0.5, 0.6) is 0 Å². The van der Waals surface area contributed by atoms with E-state index in [9.17, 15) is 19.0 Å². The quantitative estimate of drug-likeness (QED) is 0.0264. The number of allylic oxidation sites excluding steroid dienone is 4. The Balaban J connectivity index is 3.80. The number of phosphoric acid groups is 1. The Morgan fingerprint density at radius 2 is 0.642 bits per heavy atom. The number of unbranched alkanes of at least 4 members (excludes halogenated alkanes) is 52. The van der Waals surface area contributed by atoms with Gasteiger partial charge in [0, 0.05) is 19.4 Å². The van der Waals surface area contributed by atoms with Crippen molar-refractivity contribution in [3.05, 3.63) is 24.3 Å². The fraction of sp³-hybridized carbons (Fsp3) is 0.915. The Kier molecular flexibility index (Phi) is 66.4. The van der Waals surface area contributed by atoms with E-state index in [1.807, 2.05) is 0 Å². The minimum absolute atomic E-state index is 0.0572. The third-order valence-electron chi connectivity index (χ3n) is 16.3. The lowest BCUT2D eigenvalue weighted by Crippen LogP contribution is -2.29. The number of hydrogen-bond acceptors (Lipinski definition) is 8. The molecule has 0 spiro atoms. The predicted molar refractivity (Wildman–Crippen MR) is 349 cm³/mol. The fourth-order valence-electron chi connectivity index (χ4n) is 11.0. The molecule has 0 radical (unpaired) electrons. The van der Waals surface area contributed by atoms with Gasteiger partial charge >= 0.3 is 19.8 Å². The summed E-state index contributed by atoms with van der Waals surface area (Å²) < 4.78 is 33.2. The molecule has 9 nitrogen and oxygen atoms in total. The highest BCUT2D eigenvalue weighted by atomic mass is 31.2. The van der Waals surface area contributed by atoms with Gasteiger partial charge in [0.1, 0.15) is 6.61 Å². The number of esters is 2. The fourth-order valence-corrected chi connectivity index (χ4v) is 11.8. The van der Waals surface area contributed by atoms with Gasteiger partial charge in [0.25, 0.3) is 0 Å². The van der Waals surface area contributed by atoms with Gasteiger partial charge < -0.3 is 20.1 Å². The van der Waals surface area contributed by atoms with E-state index >= 15 is 0 Å². The van der Waals surface area contributed by atoms with Crippen LogP contribution in [-0.4, -0.2) is 49.3 Å². The van der Waals surface area contributed by atoms with Crippen molar-refractivity contribution in [2.75, 3.05) is 26.4 Å². The van der Waals surface area contributed by atoms with Crippen molar-refractivity contribution in [3.8, 4) is 0 Å². The Morgan fingerprint density at radius 3 is 0.938 bits per heavy atom. The molecule has 0 aromatic carbocycles. The van der Waals surface area contributed by atoms with E-state index in [2.05, 4.69) is 38.2 Å². The van der Waals surface area contributed by atoms with Crippen molar-refractivity contribution in [2.45, 2.75) is 392 Å². The Bertz CT molecular complexity index is 1380. The highest BCUT2D eigenvalue weighted by Crippen LogP contribution is 2.43. The molecule has 0 saturated heterocycles. The first-order valence-electron chi connectivity index (χ1n) is 35.8. The first-order chi connectivity index (χ1) is 39.8. The highest BCUT2D eigenvalue weighted by Gasteiger charge is 2.26. The lowest BCUT2D eigenvalue weighted by Gasteiger charge is -2.19. The van der Waals surface area contributed by atoms with Crippen LogP contribution in [0, 0.1) is 0 Å². The lowest BCUT2D eigenvalue weighted by molar-refractivity contribution is -0.161. The number of carbonyl (C=O) groups excluding carboxylic acids is 2. The number of phosphoric ester groups is 1. The minimum atomic E-state index is -4.39. The Hall–Kier alpha value is -1.51. The molecular formula is C71H138NO8P. The molecule has 0 saturated carbocycles. The average molecular weight is 1160 g/mol. The van der Waals surface area contributed by atoms with Gasteiger partial charge in [-0.3, -0.25) is 18.6 Å². The maximum absolute atomic E-state index is 12.8. The zero-order valence-corrected chi connectivity index (χ0v) is 55.0. The Labute approximate surface area is 503 Å². The predicted octanol–water partition coefficient (Wildman–Crippen LogP) is 23.3. The molecule has 0 amide bonds. The van der Waals surface area contributed by atoms with Crippen LogP contribution in [0.15, 0.2) is 24.3 Å². The molecule has 0 rings (SSSR count). The molecule has 3 N–H and O–H groups in total. The molecule has 0 aliphatic rings. The maximum atomic E-state index is 12.8. The monoisotopic (exact) mass is 1160 g/mol. The molecule has 0 aliphatic heterocycles. The molecule has 0 aliphatic carbocycles. The van der Waals surface area contributed by atoms with Crippen molar-refractivity contribution in [1.82, 2.24) is 0 Å². The summed E-state index contributed by atoms with van der Waals surface area (Å²) in [7, 11) is -4.39. The zero-order chi connectivity index (χ0) is 58.7. The first-order valence-corrected chi connectivity index (χ1v) is 37.3. The summed E-state index contributed by atoms with van der Waals surface area (Å²) in [5.74, 6) is -0.801. The second kappa shape index (κ2) is 67.6. The molecule has 0 fully saturated rings. The summed E-state index contributed by atoms with van der Waals surface area (Å²) in [5.41, 5.74) is 5.40. The second-order valence-electron chi connectivity index (χ2n) is 24.5. The van der Waals surface area contributed by atoms with Crippen LogP contribution in [0.4, 0.5) is 0 Å². The van der Waals surface area contributed by atoms with E-state index in [1.54, 1.807) is 0 Å². The summed E-state index contributed by atoms with van der Waals surface area (Å²) in [6.45, 7) is 3.82. The van der Waals surface area contributed by atoms with Crippen LogP contribution < -0.4 is 5.73 Å². The van der Waals surface area contributed by atoms with E-state index in [4.69, 9.17) is 24.3 Å². The van der Waals surface area contributed by atoms with Crippen molar-refractivity contribution in [2.24, 2.45) is 5.73 Å². The Morgan fingerprint density at radius 1 is 0.370 bits per heavy atom. The number of ether oxygens (including phenoxy) is 2. The molecule has 0 aromatic rings. The third kappa shape index (κ3) is 67.5. The smallest absolute Gasteiger partial charge is 0.462 e. The van der Waals surface area contributed by atoms with Crippen molar-refractivity contribution >= 4 is 19.8 Å². The molecule has 2 unspecified atom stereocenters. The summed E-state index contributed by atoms with van der Waals surface area (Å²) in [6, 6.07) is 0. The van der Waals surface area contributed by atoms with Crippen LogP contribution in [0.3, 0.4) is 0 Å². The topological polar surface area (TPSA) is 134 Å². The third-order valence-corrected chi connectivity index (χ3v) is 17.3. The maximum Gasteiger partial charge on any atom is 0.472 e. The largest absolute Gasteiger partial charge is 0.472 e. The molecule has 0 aromatic heterocycles. The second-order valence-corrected chi connectivity index (χ2v) is 25.9. The normalized spacial score (nSPS) is 13.0. The standard InChI is InChI=1S/C71H138NO8P/c1-3-5-7-9-11-13-15-17-19-21-23-25-27-29-31-32-33-34-35-36-38-40-42-44-46-48-50-52-54-56-58-60-62-64-71(74)80-69(68-79-81(75,76)78-66-65-72)67-77-70(73)63-61-59-57-55-53-51-49-47-45-43-41-39-37-30-28-26-24-22-20-18-16-14-12-10-8-6-4-2/h15,17,21,23,69H,3-14,16,18-20,22,24-68,72H2,1-2H3,(H,75,76)/b17-15-,23-21-. The molecule has 2 atom stereocenters. The average Bonchev–Trinajstić information content (AvgIpc) is 3.46. The van der Waals surface area contributed by atoms with Gasteiger partial charge in [0.2, 0.25) is 0 Å². The molecule has 0 bridgehead atoms. The summed E-state index contributed by atoms with van der Waals surface area (Å²) >= 11 is 0. The van der Waals surface area contributed by atoms with Crippen LogP contribution in [0.25, 0.3) is 0 Å². The van der Waals surface area contributed by atoms with Crippen LogP contribution in [0.1, 0.15) is 386 Å². The van der Waals surface area contributed by atoms with E-state index in [1.165, 1.54) is 315 Å². The molecule has 480 valence electrons. The molecule has 10 heteroatoms. The van der Waals surface area contributed by atoms with Crippen LogP contribution >= 0.6 is 7.82 Å². The number of nitrogens with two attached hydrogens (primary N) is 1. The number of rotatable bonds is 69. The SMILES string of the molecule is CCCCCCC/C=C\C/C=C\CCCCCCCCCCCCCCCCCCCCCCCC(=O)OC(COC(=O)CCCCCCCCCCCCCCCCCCCCCCCCCCCCC)COP(=O)(O)OCCN. The van der Waals surface area contributed by atoms with Crippen molar-refractivity contribution in [3.63, 3.8) is 0 Å². The van der Waals surface area contributed by atoms with Gasteiger partial charge in [-0.1, -0.05) is 353 Å².